The van der Waals surface area contributed by atoms with Crippen molar-refractivity contribution < 1.29 is 0 Å². The summed E-state index contributed by atoms with van der Waals surface area (Å²) >= 11 is 3.90. The summed E-state index contributed by atoms with van der Waals surface area (Å²) in [7, 11) is 0. The summed E-state index contributed by atoms with van der Waals surface area (Å²) in [6.07, 6.45) is 1.04. The van der Waals surface area contributed by atoms with Crippen molar-refractivity contribution in [3.05, 3.63) is 22.4 Å². The lowest BCUT2D eigenvalue weighted by atomic mass is 10.0. The van der Waals surface area contributed by atoms with Crippen LogP contribution in [0.2, 0.25) is 0 Å². The monoisotopic (exact) mass is 270 g/mol. The van der Waals surface area contributed by atoms with Gasteiger partial charge in [-0.3, -0.25) is 4.90 Å². The van der Waals surface area contributed by atoms with Gasteiger partial charge in [0.15, 0.2) is 0 Å². The maximum Gasteiger partial charge on any atom is 0.0596 e. The zero-order valence-electron chi connectivity index (χ0n) is 10.6. The Balaban J connectivity index is 2.20. The number of nitrogens with two attached hydrogens (primary N) is 1. The Kier molecular flexibility index (Phi) is 4.91. The quantitative estimate of drug-likeness (QED) is 0.912. The van der Waals surface area contributed by atoms with Crippen LogP contribution in [0.5, 0.6) is 0 Å². The van der Waals surface area contributed by atoms with Gasteiger partial charge in [-0.05, 0) is 24.8 Å². The highest BCUT2D eigenvalue weighted by Crippen LogP contribution is 2.33. The molecule has 96 valence electrons. The van der Waals surface area contributed by atoms with E-state index in [1.54, 1.807) is 0 Å². The van der Waals surface area contributed by atoms with Gasteiger partial charge in [0.25, 0.3) is 0 Å². The third kappa shape index (κ3) is 3.05. The second kappa shape index (κ2) is 6.23. The summed E-state index contributed by atoms with van der Waals surface area (Å²) in [5, 5.41) is 2.16. The molecule has 2 N–H and O–H groups in total. The van der Waals surface area contributed by atoms with Crippen molar-refractivity contribution in [3.8, 4) is 0 Å². The van der Waals surface area contributed by atoms with Gasteiger partial charge in [-0.15, -0.1) is 11.3 Å². The predicted molar refractivity (Wildman–Crippen MR) is 78.8 cm³/mol. The highest BCUT2D eigenvalue weighted by Gasteiger charge is 2.31. The van der Waals surface area contributed by atoms with E-state index in [9.17, 15) is 0 Å². The lowest BCUT2D eigenvalue weighted by molar-refractivity contribution is 0.140. The van der Waals surface area contributed by atoms with Gasteiger partial charge < -0.3 is 5.73 Å². The molecule has 0 saturated carbocycles. The molecule has 1 aliphatic heterocycles. The molecule has 4 heteroatoms. The van der Waals surface area contributed by atoms with Crippen LogP contribution in [0.4, 0.5) is 0 Å². The number of thiophene rings is 1. The number of rotatable bonds is 4. The summed E-state index contributed by atoms with van der Waals surface area (Å²) in [5.74, 6) is 2.47. The van der Waals surface area contributed by atoms with Gasteiger partial charge in [-0.2, -0.15) is 11.8 Å². The van der Waals surface area contributed by atoms with Crippen molar-refractivity contribution >= 4 is 23.1 Å². The zero-order valence-corrected chi connectivity index (χ0v) is 12.3. The van der Waals surface area contributed by atoms with E-state index in [1.165, 1.54) is 22.9 Å². The first-order valence-electron chi connectivity index (χ1n) is 6.36. The largest absolute Gasteiger partial charge is 0.326 e. The summed E-state index contributed by atoms with van der Waals surface area (Å²) in [6, 6.07) is 5.67. The Morgan fingerprint density at radius 1 is 1.59 bits per heavy atom. The van der Waals surface area contributed by atoms with Gasteiger partial charge in [-0.1, -0.05) is 13.0 Å². The molecule has 2 nitrogen and oxygen atoms in total. The van der Waals surface area contributed by atoms with E-state index in [1.807, 2.05) is 11.3 Å². The van der Waals surface area contributed by atoms with Crippen LogP contribution in [0, 0.1) is 0 Å². The summed E-state index contributed by atoms with van der Waals surface area (Å²) in [6.45, 7) is 5.69. The highest BCUT2D eigenvalue weighted by molar-refractivity contribution is 7.99. The Labute approximate surface area is 113 Å². The van der Waals surface area contributed by atoms with Crippen LogP contribution in [0.3, 0.4) is 0 Å². The molecule has 0 amide bonds. The molecule has 1 aliphatic rings. The molecule has 1 aromatic rings. The fourth-order valence-electron chi connectivity index (χ4n) is 2.46. The van der Waals surface area contributed by atoms with Crippen LogP contribution < -0.4 is 5.73 Å². The van der Waals surface area contributed by atoms with Crippen molar-refractivity contribution in [2.24, 2.45) is 5.73 Å². The van der Waals surface area contributed by atoms with E-state index >= 15 is 0 Å². The van der Waals surface area contributed by atoms with Crippen molar-refractivity contribution in [1.29, 1.82) is 0 Å². The molecule has 0 radical (unpaired) electrons. The minimum Gasteiger partial charge on any atom is -0.326 e. The van der Waals surface area contributed by atoms with Crippen LogP contribution in [0.15, 0.2) is 17.5 Å². The summed E-state index contributed by atoms with van der Waals surface area (Å²) in [4.78, 5) is 4.04. The highest BCUT2D eigenvalue weighted by atomic mass is 32.2. The molecule has 0 aromatic carbocycles. The van der Waals surface area contributed by atoms with Gasteiger partial charge in [0, 0.05) is 35.0 Å². The maximum atomic E-state index is 6.36. The Morgan fingerprint density at radius 3 is 3.00 bits per heavy atom. The van der Waals surface area contributed by atoms with E-state index in [0.29, 0.717) is 12.1 Å². The number of hydrogen-bond donors (Lipinski definition) is 1. The van der Waals surface area contributed by atoms with Gasteiger partial charge in [-0.25, -0.2) is 0 Å². The first kappa shape index (κ1) is 13.4. The van der Waals surface area contributed by atoms with E-state index in [-0.39, 0.29) is 6.04 Å². The lowest BCUT2D eigenvalue weighted by Crippen LogP contribution is -2.48. The molecule has 0 aliphatic carbocycles. The molecule has 0 bridgehead atoms. The molecular formula is C13H22N2S2. The fraction of sp³-hybridized carbons (Fsp3) is 0.692. The third-order valence-electron chi connectivity index (χ3n) is 3.49. The van der Waals surface area contributed by atoms with Crippen LogP contribution in [0.1, 0.15) is 31.2 Å². The van der Waals surface area contributed by atoms with Gasteiger partial charge >= 0.3 is 0 Å². The second-order valence-corrected chi connectivity index (χ2v) is 6.82. The van der Waals surface area contributed by atoms with Gasteiger partial charge in [0.2, 0.25) is 0 Å². The third-order valence-corrected chi connectivity index (χ3v) is 5.62. The van der Waals surface area contributed by atoms with Gasteiger partial charge in [0.05, 0.1) is 6.04 Å². The second-order valence-electron chi connectivity index (χ2n) is 4.69. The average molecular weight is 270 g/mol. The maximum absolute atomic E-state index is 6.36. The summed E-state index contributed by atoms with van der Waals surface area (Å²) < 4.78 is 0. The Bertz CT molecular complexity index is 326. The van der Waals surface area contributed by atoms with E-state index in [0.717, 1.165) is 6.42 Å². The topological polar surface area (TPSA) is 29.3 Å². The summed E-state index contributed by atoms with van der Waals surface area (Å²) in [5.41, 5.74) is 6.36. The normalized spacial score (nSPS) is 25.7. The number of thioether (sulfide) groups is 1. The van der Waals surface area contributed by atoms with Crippen molar-refractivity contribution in [1.82, 2.24) is 4.90 Å². The molecule has 3 unspecified atom stereocenters. The molecule has 17 heavy (non-hydrogen) atoms. The van der Waals surface area contributed by atoms with E-state index in [2.05, 4.69) is 48.0 Å². The van der Waals surface area contributed by atoms with Crippen molar-refractivity contribution in [2.45, 2.75) is 38.4 Å². The Morgan fingerprint density at radius 2 is 2.41 bits per heavy atom. The lowest BCUT2D eigenvalue weighted by Gasteiger charge is -2.41. The first-order chi connectivity index (χ1) is 8.24. The van der Waals surface area contributed by atoms with Crippen LogP contribution in [-0.2, 0) is 0 Å². The van der Waals surface area contributed by atoms with Crippen molar-refractivity contribution in [3.63, 3.8) is 0 Å². The molecule has 2 heterocycles. The molecule has 1 saturated heterocycles. The SMILES string of the molecule is CCC(N)C(c1cccs1)N1CCSCC1C. The fourth-order valence-corrected chi connectivity index (χ4v) is 4.42. The smallest absolute Gasteiger partial charge is 0.0596 e. The van der Waals surface area contributed by atoms with Crippen LogP contribution in [-0.4, -0.2) is 35.0 Å². The van der Waals surface area contributed by atoms with Crippen molar-refractivity contribution in [2.75, 3.05) is 18.1 Å². The van der Waals surface area contributed by atoms with Gasteiger partial charge in [0.1, 0.15) is 0 Å². The minimum absolute atomic E-state index is 0.249. The number of hydrogen-bond acceptors (Lipinski definition) is 4. The molecular weight excluding hydrogens is 248 g/mol. The molecule has 3 atom stereocenters. The molecule has 1 aromatic heterocycles. The molecule has 1 fully saturated rings. The Hall–Kier alpha value is -0.0300. The van der Waals surface area contributed by atoms with Crippen LogP contribution >= 0.6 is 23.1 Å². The van der Waals surface area contributed by atoms with E-state index < -0.39 is 0 Å². The first-order valence-corrected chi connectivity index (χ1v) is 8.40. The average Bonchev–Trinajstić information content (AvgIpc) is 2.85. The van der Waals surface area contributed by atoms with E-state index in [4.69, 9.17) is 5.73 Å². The van der Waals surface area contributed by atoms with Crippen LogP contribution in [0.25, 0.3) is 0 Å². The molecule has 2 rings (SSSR count). The minimum atomic E-state index is 0.249. The zero-order chi connectivity index (χ0) is 12.3. The predicted octanol–water partition coefficient (Wildman–Crippen LogP) is 2.96. The molecule has 0 spiro atoms. The standard InChI is InChI=1S/C13H22N2S2/c1-3-11(14)13(12-5-4-7-17-12)15-6-8-16-9-10(15)2/h4-5,7,10-11,13H,3,6,8-9,14H2,1-2H3. The number of nitrogens with zero attached hydrogens (tertiary/aromatic N) is 1.